The molecule has 19 heavy (non-hydrogen) atoms. The van der Waals surface area contributed by atoms with Crippen molar-refractivity contribution in [1.29, 1.82) is 0 Å². The number of carbonyl (C=O) groups excluding carboxylic acids is 1. The van der Waals surface area contributed by atoms with Crippen molar-refractivity contribution in [1.82, 2.24) is 15.5 Å². The molecule has 0 aliphatic heterocycles. The smallest absolute Gasteiger partial charge is 0.407 e. The fourth-order valence-electron chi connectivity index (χ4n) is 1.81. The van der Waals surface area contributed by atoms with Gasteiger partial charge in [0.25, 0.3) is 0 Å². The SMILES string of the molecule is CC(CNC(=O)OC(C)(C)C)NCCN(C)C1CC1. The quantitative estimate of drug-likeness (QED) is 0.738. The van der Waals surface area contributed by atoms with Crippen molar-refractivity contribution >= 4 is 6.09 Å². The highest BCUT2D eigenvalue weighted by atomic mass is 16.6. The molecule has 0 spiro atoms. The second kappa shape index (κ2) is 7.10. The van der Waals surface area contributed by atoms with Gasteiger partial charge < -0.3 is 20.3 Å². The zero-order valence-corrected chi connectivity index (χ0v) is 13.0. The summed E-state index contributed by atoms with van der Waals surface area (Å²) in [6.07, 6.45) is 2.33. The Morgan fingerprint density at radius 1 is 1.42 bits per heavy atom. The van der Waals surface area contributed by atoms with Crippen LogP contribution in [0.4, 0.5) is 4.79 Å². The molecule has 1 rings (SSSR count). The van der Waals surface area contributed by atoms with E-state index >= 15 is 0 Å². The van der Waals surface area contributed by atoms with E-state index in [-0.39, 0.29) is 12.1 Å². The summed E-state index contributed by atoms with van der Waals surface area (Å²) in [5, 5.41) is 6.18. The summed E-state index contributed by atoms with van der Waals surface area (Å²) >= 11 is 0. The van der Waals surface area contributed by atoms with Crippen LogP contribution in [0.2, 0.25) is 0 Å². The average molecular weight is 271 g/mol. The number of nitrogens with zero attached hydrogens (tertiary/aromatic N) is 1. The maximum absolute atomic E-state index is 11.5. The normalized spacial score (nSPS) is 17.4. The first-order valence-electron chi connectivity index (χ1n) is 7.18. The van der Waals surface area contributed by atoms with Gasteiger partial charge in [0.05, 0.1) is 0 Å². The largest absolute Gasteiger partial charge is 0.444 e. The molecule has 0 aromatic rings. The lowest BCUT2D eigenvalue weighted by atomic mass is 10.2. The highest BCUT2D eigenvalue weighted by molar-refractivity contribution is 5.67. The van der Waals surface area contributed by atoms with Crippen molar-refractivity contribution in [3.8, 4) is 0 Å². The summed E-state index contributed by atoms with van der Waals surface area (Å²) in [5.41, 5.74) is -0.437. The lowest BCUT2D eigenvalue weighted by molar-refractivity contribution is 0.0523. The average Bonchev–Trinajstić information content (AvgIpc) is 3.07. The van der Waals surface area contributed by atoms with Gasteiger partial charge in [0.1, 0.15) is 5.60 Å². The van der Waals surface area contributed by atoms with E-state index in [1.165, 1.54) is 12.8 Å². The third-order valence-corrected chi connectivity index (χ3v) is 3.08. The maximum Gasteiger partial charge on any atom is 0.407 e. The first kappa shape index (κ1) is 16.2. The van der Waals surface area contributed by atoms with Gasteiger partial charge in [-0.25, -0.2) is 4.79 Å². The maximum atomic E-state index is 11.5. The minimum atomic E-state index is -0.437. The highest BCUT2D eigenvalue weighted by Gasteiger charge is 2.25. The monoisotopic (exact) mass is 271 g/mol. The fourth-order valence-corrected chi connectivity index (χ4v) is 1.81. The predicted octanol–water partition coefficient (Wildman–Crippen LogP) is 1.58. The van der Waals surface area contributed by atoms with Crippen LogP contribution in [-0.4, -0.2) is 55.4 Å². The second-order valence-electron chi connectivity index (χ2n) is 6.45. The number of hydrogen-bond donors (Lipinski definition) is 2. The number of nitrogens with one attached hydrogen (secondary N) is 2. The Balaban J connectivity index is 2.03. The molecule has 5 heteroatoms. The highest BCUT2D eigenvalue weighted by Crippen LogP contribution is 2.24. The van der Waals surface area contributed by atoms with E-state index in [1.54, 1.807) is 0 Å². The molecule has 0 aromatic heterocycles. The van der Waals surface area contributed by atoms with Crippen molar-refractivity contribution in [3.63, 3.8) is 0 Å². The van der Waals surface area contributed by atoms with Crippen molar-refractivity contribution in [2.45, 2.75) is 58.2 Å². The molecular weight excluding hydrogens is 242 g/mol. The van der Waals surface area contributed by atoms with Gasteiger partial charge in [0.2, 0.25) is 0 Å². The Morgan fingerprint density at radius 2 is 2.05 bits per heavy atom. The first-order chi connectivity index (χ1) is 8.78. The Bertz CT molecular complexity index is 285. The van der Waals surface area contributed by atoms with Crippen LogP contribution < -0.4 is 10.6 Å². The number of likely N-dealkylation sites (N-methyl/N-ethyl adjacent to an activating group) is 1. The predicted molar refractivity (Wildman–Crippen MR) is 77.4 cm³/mol. The molecule has 1 aliphatic rings. The topological polar surface area (TPSA) is 53.6 Å². The number of hydrogen-bond acceptors (Lipinski definition) is 4. The fraction of sp³-hybridized carbons (Fsp3) is 0.929. The molecular formula is C14H29N3O2. The van der Waals surface area contributed by atoms with Crippen molar-refractivity contribution in [2.75, 3.05) is 26.7 Å². The lowest BCUT2D eigenvalue weighted by Crippen LogP contribution is -2.43. The van der Waals surface area contributed by atoms with Crippen LogP contribution in [0.15, 0.2) is 0 Å². The first-order valence-corrected chi connectivity index (χ1v) is 7.18. The zero-order valence-electron chi connectivity index (χ0n) is 13.0. The molecule has 0 radical (unpaired) electrons. The van der Waals surface area contributed by atoms with Crippen LogP contribution in [0.3, 0.4) is 0 Å². The molecule has 0 aromatic carbocycles. The van der Waals surface area contributed by atoms with Crippen LogP contribution in [0, 0.1) is 0 Å². The summed E-state index contributed by atoms with van der Waals surface area (Å²) in [7, 11) is 2.17. The zero-order chi connectivity index (χ0) is 14.5. The molecule has 0 heterocycles. The summed E-state index contributed by atoms with van der Waals surface area (Å²) in [5.74, 6) is 0. The third kappa shape index (κ3) is 8.06. The lowest BCUT2D eigenvalue weighted by Gasteiger charge is -2.22. The second-order valence-corrected chi connectivity index (χ2v) is 6.45. The number of amides is 1. The van der Waals surface area contributed by atoms with Crippen LogP contribution >= 0.6 is 0 Å². The van der Waals surface area contributed by atoms with Crippen molar-refractivity contribution in [2.24, 2.45) is 0 Å². The Labute approximate surface area is 117 Å². The van der Waals surface area contributed by atoms with E-state index in [2.05, 4.69) is 29.5 Å². The van der Waals surface area contributed by atoms with Gasteiger partial charge in [-0.1, -0.05) is 0 Å². The standard InChI is InChI=1S/C14H29N3O2/c1-11(10-16-13(18)19-14(2,3)4)15-8-9-17(5)12-6-7-12/h11-12,15H,6-10H2,1-5H3,(H,16,18). The third-order valence-electron chi connectivity index (χ3n) is 3.08. The van der Waals surface area contributed by atoms with Gasteiger partial charge in [-0.15, -0.1) is 0 Å². The molecule has 0 saturated heterocycles. The summed E-state index contributed by atoms with van der Waals surface area (Å²) in [6, 6.07) is 1.05. The van der Waals surface area contributed by atoms with Crippen LogP contribution in [-0.2, 0) is 4.74 Å². The summed E-state index contributed by atoms with van der Waals surface area (Å²) < 4.78 is 5.18. The number of ether oxygens (including phenoxy) is 1. The minimum Gasteiger partial charge on any atom is -0.444 e. The molecule has 0 bridgehead atoms. The van der Waals surface area contributed by atoms with Crippen LogP contribution in [0.1, 0.15) is 40.5 Å². The Hall–Kier alpha value is -0.810. The number of rotatable bonds is 7. The van der Waals surface area contributed by atoms with E-state index in [4.69, 9.17) is 4.74 Å². The van der Waals surface area contributed by atoms with Crippen LogP contribution in [0.25, 0.3) is 0 Å². The van der Waals surface area contributed by atoms with Crippen molar-refractivity contribution < 1.29 is 9.53 Å². The molecule has 5 nitrogen and oxygen atoms in total. The molecule has 112 valence electrons. The summed E-state index contributed by atoms with van der Waals surface area (Å²) in [4.78, 5) is 13.9. The molecule has 1 fully saturated rings. The number of carbonyl (C=O) groups is 1. The van der Waals surface area contributed by atoms with Gasteiger partial charge in [0, 0.05) is 31.7 Å². The van der Waals surface area contributed by atoms with Gasteiger partial charge in [-0.05, 0) is 47.6 Å². The van der Waals surface area contributed by atoms with Gasteiger partial charge in [0.15, 0.2) is 0 Å². The van der Waals surface area contributed by atoms with E-state index in [0.29, 0.717) is 6.54 Å². The summed E-state index contributed by atoms with van der Waals surface area (Å²) in [6.45, 7) is 10.2. The van der Waals surface area contributed by atoms with E-state index in [1.807, 2.05) is 20.8 Å². The molecule has 1 unspecified atom stereocenters. The van der Waals surface area contributed by atoms with Crippen LogP contribution in [0.5, 0.6) is 0 Å². The van der Waals surface area contributed by atoms with Crippen molar-refractivity contribution in [3.05, 3.63) is 0 Å². The molecule has 1 amide bonds. The van der Waals surface area contributed by atoms with Gasteiger partial charge in [-0.3, -0.25) is 0 Å². The number of alkyl carbamates (subject to hydrolysis) is 1. The molecule has 1 aliphatic carbocycles. The Morgan fingerprint density at radius 3 is 2.58 bits per heavy atom. The van der Waals surface area contributed by atoms with E-state index < -0.39 is 5.60 Å². The van der Waals surface area contributed by atoms with Gasteiger partial charge >= 0.3 is 6.09 Å². The van der Waals surface area contributed by atoms with E-state index in [9.17, 15) is 4.79 Å². The molecule has 1 saturated carbocycles. The Kier molecular flexibility index (Phi) is 6.07. The molecule has 1 atom stereocenters. The molecule has 2 N–H and O–H groups in total. The van der Waals surface area contributed by atoms with Gasteiger partial charge in [-0.2, -0.15) is 0 Å². The minimum absolute atomic E-state index is 0.250. The van der Waals surface area contributed by atoms with E-state index in [0.717, 1.165) is 19.1 Å².